The Labute approximate surface area is 111 Å². The lowest BCUT2D eigenvalue weighted by Gasteiger charge is -2.27. The average Bonchev–Trinajstić information content (AvgIpc) is 2.24. The van der Waals surface area contributed by atoms with Crippen LogP contribution in [0.2, 0.25) is 0 Å². The van der Waals surface area contributed by atoms with Crippen LogP contribution in [0.3, 0.4) is 0 Å². The largest absolute Gasteiger partial charge is 0.312 e. The van der Waals surface area contributed by atoms with Gasteiger partial charge in [0.15, 0.2) is 0 Å². The molecule has 0 bridgehead atoms. The first-order valence-corrected chi connectivity index (χ1v) is 6.72. The summed E-state index contributed by atoms with van der Waals surface area (Å²) in [6.45, 7) is 13.9. The van der Waals surface area contributed by atoms with Crippen LogP contribution in [0.25, 0.3) is 0 Å². The van der Waals surface area contributed by atoms with Crippen LogP contribution in [0, 0.1) is 18.7 Å². The van der Waals surface area contributed by atoms with Gasteiger partial charge in [-0.15, -0.1) is 0 Å². The predicted molar refractivity (Wildman–Crippen MR) is 76.5 cm³/mol. The molecule has 0 aliphatic heterocycles. The summed E-state index contributed by atoms with van der Waals surface area (Å²) in [5, 5.41) is 3.53. The maximum absolute atomic E-state index is 13.1. The maximum atomic E-state index is 13.1. The molecule has 0 saturated carbocycles. The summed E-state index contributed by atoms with van der Waals surface area (Å²) in [5.74, 6) is 0.803. The zero-order valence-electron chi connectivity index (χ0n) is 12.5. The van der Waals surface area contributed by atoms with Crippen molar-refractivity contribution in [3.63, 3.8) is 0 Å². The molecule has 0 heterocycles. The van der Waals surface area contributed by atoms with E-state index in [0.717, 1.165) is 12.1 Å². The molecular weight excluding hydrogens is 225 g/mol. The van der Waals surface area contributed by atoms with Crippen molar-refractivity contribution in [1.82, 2.24) is 5.32 Å². The monoisotopic (exact) mass is 251 g/mol. The van der Waals surface area contributed by atoms with E-state index in [1.165, 1.54) is 5.56 Å². The minimum Gasteiger partial charge on any atom is -0.312 e. The van der Waals surface area contributed by atoms with Gasteiger partial charge < -0.3 is 5.32 Å². The van der Waals surface area contributed by atoms with Crippen molar-refractivity contribution in [3.8, 4) is 0 Å². The van der Waals surface area contributed by atoms with Crippen molar-refractivity contribution in [1.29, 1.82) is 0 Å². The second kappa shape index (κ2) is 5.83. The van der Waals surface area contributed by atoms with Crippen LogP contribution in [0.5, 0.6) is 0 Å². The Kier molecular flexibility index (Phi) is 4.92. The van der Waals surface area contributed by atoms with E-state index in [0.29, 0.717) is 11.8 Å². The molecule has 2 heteroatoms. The maximum Gasteiger partial charge on any atom is 0.123 e. The Hall–Kier alpha value is -0.890. The molecule has 0 aliphatic rings. The van der Waals surface area contributed by atoms with E-state index in [4.69, 9.17) is 0 Å². The molecule has 1 aromatic rings. The van der Waals surface area contributed by atoms with Crippen molar-refractivity contribution in [2.75, 3.05) is 6.54 Å². The van der Waals surface area contributed by atoms with E-state index in [9.17, 15) is 4.39 Å². The molecule has 2 atom stereocenters. The van der Waals surface area contributed by atoms with Gasteiger partial charge in [0.2, 0.25) is 0 Å². The minimum atomic E-state index is -0.149. The van der Waals surface area contributed by atoms with Gasteiger partial charge in [-0.1, -0.05) is 19.9 Å². The van der Waals surface area contributed by atoms with Gasteiger partial charge in [-0.05, 0) is 69.3 Å². The highest BCUT2D eigenvalue weighted by Gasteiger charge is 2.18. The molecule has 0 radical (unpaired) electrons. The lowest BCUT2D eigenvalue weighted by atomic mass is 9.86. The van der Waals surface area contributed by atoms with Gasteiger partial charge in [-0.25, -0.2) is 4.39 Å². The first kappa shape index (κ1) is 15.2. The van der Waals surface area contributed by atoms with Gasteiger partial charge in [0.25, 0.3) is 0 Å². The lowest BCUT2D eigenvalue weighted by Crippen LogP contribution is -2.39. The molecule has 0 saturated heterocycles. The first-order chi connectivity index (χ1) is 8.20. The Morgan fingerprint density at radius 3 is 2.33 bits per heavy atom. The summed E-state index contributed by atoms with van der Waals surface area (Å²) in [5.41, 5.74) is 2.44. The van der Waals surface area contributed by atoms with Crippen LogP contribution < -0.4 is 5.32 Å². The average molecular weight is 251 g/mol. The summed E-state index contributed by atoms with van der Waals surface area (Å²) in [4.78, 5) is 0. The van der Waals surface area contributed by atoms with Crippen LogP contribution >= 0.6 is 0 Å². The number of nitrogens with one attached hydrogen (secondary N) is 1. The van der Waals surface area contributed by atoms with Gasteiger partial charge in [0.1, 0.15) is 5.82 Å². The summed E-state index contributed by atoms with van der Waals surface area (Å²) in [7, 11) is 0. The molecule has 0 amide bonds. The van der Waals surface area contributed by atoms with Crippen molar-refractivity contribution in [2.24, 2.45) is 5.92 Å². The second-order valence-electron chi connectivity index (χ2n) is 6.40. The Bertz CT molecular complexity index is 393. The third-order valence-corrected chi connectivity index (χ3v) is 3.53. The minimum absolute atomic E-state index is 0.145. The van der Waals surface area contributed by atoms with Crippen LogP contribution in [0.15, 0.2) is 18.2 Å². The zero-order valence-corrected chi connectivity index (χ0v) is 12.5. The van der Waals surface area contributed by atoms with E-state index in [-0.39, 0.29) is 11.4 Å². The molecule has 0 spiro atoms. The standard InChI is InChI=1S/C16H26FN/c1-11-9-14(17)7-8-15(11)13(3)12(2)10-18-16(4,5)6/h7-9,12-13,18H,10H2,1-6H3. The fraction of sp³-hybridized carbons (Fsp3) is 0.625. The molecule has 0 fully saturated rings. The van der Waals surface area contributed by atoms with Crippen molar-refractivity contribution in [2.45, 2.75) is 53.0 Å². The van der Waals surface area contributed by atoms with Gasteiger partial charge in [0.05, 0.1) is 0 Å². The number of aryl methyl sites for hydroxylation is 1. The highest BCUT2D eigenvalue weighted by Crippen LogP contribution is 2.27. The lowest BCUT2D eigenvalue weighted by molar-refractivity contribution is 0.359. The molecular formula is C16H26FN. The Morgan fingerprint density at radius 1 is 1.22 bits per heavy atom. The fourth-order valence-electron chi connectivity index (χ4n) is 2.10. The normalized spacial score (nSPS) is 15.5. The zero-order chi connectivity index (χ0) is 13.9. The SMILES string of the molecule is Cc1cc(F)ccc1C(C)C(C)CNC(C)(C)C. The van der Waals surface area contributed by atoms with Crippen LogP contribution in [0.4, 0.5) is 4.39 Å². The highest BCUT2D eigenvalue weighted by molar-refractivity contribution is 5.30. The number of hydrogen-bond acceptors (Lipinski definition) is 1. The molecule has 1 aromatic carbocycles. The van der Waals surface area contributed by atoms with Gasteiger partial charge in [-0.2, -0.15) is 0 Å². The number of hydrogen-bond donors (Lipinski definition) is 1. The third-order valence-electron chi connectivity index (χ3n) is 3.53. The molecule has 1 rings (SSSR count). The van der Waals surface area contributed by atoms with Crippen LogP contribution in [-0.2, 0) is 0 Å². The number of halogens is 1. The Balaban J connectivity index is 2.71. The van der Waals surface area contributed by atoms with Gasteiger partial charge in [-0.3, -0.25) is 0 Å². The smallest absolute Gasteiger partial charge is 0.123 e. The molecule has 1 nitrogen and oxygen atoms in total. The molecule has 102 valence electrons. The fourth-order valence-corrected chi connectivity index (χ4v) is 2.10. The van der Waals surface area contributed by atoms with Gasteiger partial charge >= 0.3 is 0 Å². The Morgan fingerprint density at radius 2 is 1.83 bits per heavy atom. The number of rotatable bonds is 4. The molecule has 0 aliphatic carbocycles. The van der Waals surface area contributed by atoms with E-state index in [2.05, 4.69) is 39.9 Å². The molecule has 0 aromatic heterocycles. The molecule has 1 N–H and O–H groups in total. The summed E-state index contributed by atoms with van der Waals surface area (Å²) >= 11 is 0. The summed E-state index contributed by atoms with van der Waals surface area (Å²) in [6.07, 6.45) is 0. The second-order valence-corrected chi connectivity index (χ2v) is 6.40. The first-order valence-electron chi connectivity index (χ1n) is 6.72. The van der Waals surface area contributed by atoms with E-state index in [1.54, 1.807) is 12.1 Å². The van der Waals surface area contributed by atoms with E-state index < -0.39 is 0 Å². The molecule has 18 heavy (non-hydrogen) atoms. The third kappa shape index (κ3) is 4.41. The predicted octanol–water partition coefficient (Wildman–Crippen LogP) is 4.26. The molecule has 2 unspecified atom stereocenters. The van der Waals surface area contributed by atoms with Crippen molar-refractivity contribution in [3.05, 3.63) is 35.1 Å². The number of benzene rings is 1. The van der Waals surface area contributed by atoms with E-state index in [1.807, 2.05) is 13.0 Å². The summed E-state index contributed by atoms with van der Waals surface area (Å²) in [6, 6.07) is 5.10. The van der Waals surface area contributed by atoms with Gasteiger partial charge in [0, 0.05) is 5.54 Å². The van der Waals surface area contributed by atoms with Crippen LogP contribution in [-0.4, -0.2) is 12.1 Å². The highest BCUT2D eigenvalue weighted by atomic mass is 19.1. The topological polar surface area (TPSA) is 12.0 Å². The van der Waals surface area contributed by atoms with Crippen LogP contribution in [0.1, 0.15) is 51.7 Å². The van der Waals surface area contributed by atoms with E-state index >= 15 is 0 Å². The quantitative estimate of drug-likeness (QED) is 0.843. The van der Waals surface area contributed by atoms with Crippen molar-refractivity contribution < 1.29 is 4.39 Å². The summed E-state index contributed by atoms with van der Waals surface area (Å²) < 4.78 is 13.1. The van der Waals surface area contributed by atoms with Crippen molar-refractivity contribution >= 4 is 0 Å².